The van der Waals surface area contributed by atoms with E-state index in [1.165, 1.54) is 12.1 Å². The molecular weight excluding hydrogens is 273 g/mol. The molecule has 1 N–H and O–H groups in total. The van der Waals surface area contributed by atoms with Gasteiger partial charge in [0.25, 0.3) is 0 Å². The highest BCUT2D eigenvalue weighted by molar-refractivity contribution is 5.79. The number of benzene rings is 1. The van der Waals surface area contributed by atoms with Crippen molar-refractivity contribution >= 4 is 5.91 Å². The first-order chi connectivity index (χ1) is 10.2. The zero-order valence-corrected chi connectivity index (χ0v) is 11.8. The molecule has 0 bridgehead atoms. The lowest BCUT2D eigenvalue weighted by molar-refractivity contribution is -0.123. The van der Waals surface area contributed by atoms with Crippen LogP contribution in [0.4, 0.5) is 4.39 Å². The Morgan fingerprint density at radius 1 is 1.43 bits per heavy atom. The minimum Gasteiger partial charge on any atom is -0.494 e. The molecule has 2 aromatic rings. The Kier molecular flexibility index (Phi) is 5.31. The second-order valence-corrected chi connectivity index (χ2v) is 4.63. The SMILES string of the molecule is CC(C(=O)NCCCOc1ccc(F)cc1)n1ccnc1. The van der Waals surface area contributed by atoms with Crippen LogP contribution in [0.5, 0.6) is 5.75 Å². The van der Waals surface area contributed by atoms with Crippen LogP contribution < -0.4 is 10.1 Å². The molecule has 0 saturated heterocycles. The number of nitrogens with zero attached hydrogens (tertiary/aromatic N) is 2. The van der Waals surface area contributed by atoms with Gasteiger partial charge in [0.1, 0.15) is 17.6 Å². The van der Waals surface area contributed by atoms with Crippen LogP contribution in [0.2, 0.25) is 0 Å². The van der Waals surface area contributed by atoms with Gasteiger partial charge in [-0.15, -0.1) is 0 Å². The number of ether oxygens (including phenoxy) is 1. The van der Waals surface area contributed by atoms with Gasteiger partial charge in [0.15, 0.2) is 0 Å². The van der Waals surface area contributed by atoms with Crippen LogP contribution in [0.3, 0.4) is 0 Å². The summed E-state index contributed by atoms with van der Waals surface area (Å²) in [7, 11) is 0. The van der Waals surface area contributed by atoms with Crippen molar-refractivity contribution in [1.29, 1.82) is 0 Å². The quantitative estimate of drug-likeness (QED) is 0.795. The second-order valence-electron chi connectivity index (χ2n) is 4.63. The van der Waals surface area contributed by atoms with Gasteiger partial charge >= 0.3 is 0 Å². The van der Waals surface area contributed by atoms with E-state index in [0.29, 0.717) is 25.3 Å². The molecule has 6 heteroatoms. The fourth-order valence-corrected chi connectivity index (χ4v) is 1.79. The smallest absolute Gasteiger partial charge is 0.242 e. The fourth-order valence-electron chi connectivity index (χ4n) is 1.79. The molecule has 1 unspecified atom stereocenters. The van der Waals surface area contributed by atoms with Gasteiger partial charge in [-0.3, -0.25) is 4.79 Å². The summed E-state index contributed by atoms with van der Waals surface area (Å²) >= 11 is 0. The molecule has 0 aliphatic carbocycles. The number of imidazole rings is 1. The first-order valence-electron chi connectivity index (χ1n) is 6.80. The summed E-state index contributed by atoms with van der Waals surface area (Å²) < 4.78 is 19.9. The number of aromatic nitrogens is 2. The molecule has 1 atom stereocenters. The Morgan fingerprint density at radius 3 is 2.86 bits per heavy atom. The maximum Gasteiger partial charge on any atom is 0.242 e. The Hall–Kier alpha value is -2.37. The van der Waals surface area contributed by atoms with Crippen LogP contribution in [-0.4, -0.2) is 28.6 Å². The molecule has 1 aromatic heterocycles. The van der Waals surface area contributed by atoms with E-state index in [0.717, 1.165) is 0 Å². The van der Waals surface area contributed by atoms with Crippen molar-refractivity contribution in [3.05, 3.63) is 48.8 Å². The Balaban J connectivity index is 1.63. The standard InChI is InChI=1S/C15H18FN3O2/c1-12(19-9-8-17-11-19)15(20)18-7-2-10-21-14-5-3-13(16)4-6-14/h3-6,8-9,11-12H,2,7,10H2,1H3,(H,18,20). The van der Waals surface area contributed by atoms with Gasteiger partial charge in [0, 0.05) is 18.9 Å². The topological polar surface area (TPSA) is 56.1 Å². The number of halogens is 1. The van der Waals surface area contributed by atoms with Crippen molar-refractivity contribution in [1.82, 2.24) is 14.9 Å². The summed E-state index contributed by atoms with van der Waals surface area (Å²) in [5, 5.41) is 2.84. The van der Waals surface area contributed by atoms with Crippen LogP contribution in [0.15, 0.2) is 43.0 Å². The molecule has 0 saturated carbocycles. The van der Waals surface area contributed by atoms with Crippen molar-refractivity contribution in [2.45, 2.75) is 19.4 Å². The van der Waals surface area contributed by atoms with Crippen molar-refractivity contribution in [2.75, 3.05) is 13.2 Å². The lowest BCUT2D eigenvalue weighted by Crippen LogP contribution is -2.31. The largest absolute Gasteiger partial charge is 0.494 e. The highest BCUT2D eigenvalue weighted by Crippen LogP contribution is 2.11. The zero-order chi connectivity index (χ0) is 15.1. The molecule has 0 radical (unpaired) electrons. The summed E-state index contributed by atoms with van der Waals surface area (Å²) in [6.07, 6.45) is 5.68. The van der Waals surface area contributed by atoms with Crippen molar-refractivity contribution in [3.8, 4) is 5.75 Å². The number of hydrogen-bond acceptors (Lipinski definition) is 3. The first-order valence-corrected chi connectivity index (χ1v) is 6.80. The summed E-state index contributed by atoms with van der Waals surface area (Å²) in [5.74, 6) is 0.271. The lowest BCUT2D eigenvalue weighted by Gasteiger charge is -2.13. The minimum absolute atomic E-state index is 0.0604. The van der Waals surface area contributed by atoms with E-state index < -0.39 is 0 Å². The molecule has 5 nitrogen and oxygen atoms in total. The van der Waals surface area contributed by atoms with E-state index in [1.54, 1.807) is 35.4 Å². The molecule has 21 heavy (non-hydrogen) atoms. The third-order valence-corrected chi connectivity index (χ3v) is 3.05. The molecule has 0 fully saturated rings. The summed E-state index contributed by atoms with van der Waals surface area (Å²) in [6.45, 7) is 2.80. The van der Waals surface area contributed by atoms with Gasteiger partial charge in [-0.1, -0.05) is 0 Å². The minimum atomic E-state index is -0.289. The van der Waals surface area contributed by atoms with Crippen LogP contribution >= 0.6 is 0 Å². The number of nitrogens with one attached hydrogen (secondary N) is 1. The molecular formula is C15H18FN3O2. The average Bonchev–Trinajstić information content (AvgIpc) is 3.02. The van der Waals surface area contributed by atoms with Gasteiger partial charge in [-0.2, -0.15) is 0 Å². The van der Waals surface area contributed by atoms with Gasteiger partial charge in [0.2, 0.25) is 5.91 Å². The number of rotatable bonds is 7. The van der Waals surface area contributed by atoms with Crippen LogP contribution in [0.25, 0.3) is 0 Å². The van der Waals surface area contributed by atoms with Crippen molar-refractivity contribution < 1.29 is 13.9 Å². The summed E-state index contributed by atoms with van der Waals surface area (Å²) in [4.78, 5) is 15.8. The van der Waals surface area contributed by atoms with E-state index in [1.807, 2.05) is 6.92 Å². The van der Waals surface area contributed by atoms with Crippen LogP contribution in [-0.2, 0) is 4.79 Å². The third-order valence-electron chi connectivity index (χ3n) is 3.05. The number of carbonyl (C=O) groups is 1. The first kappa shape index (κ1) is 15.0. The highest BCUT2D eigenvalue weighted by Gasteiger charge is 2.12. The van der Waals surface area contributed by atoms with Gasteiger partial charge in [-0.05, 0) is 37.6 Å². The maximum absolute atomic E-state index is 12.7. The summed E-state index contributed by atoms with van der Waals surface area (Å²) in [6, 6.07) is 5.57. The molecule has 1 heterocycles. The third kappa shape index (κ3) is 4.59. The molecule has 2 rings (SSSR count). The number of carbonyl (C=O) groups excluding carboxylic acids is 1. The molecule has 1 amide bonds. The summed E-state index contributed by atoms with van der Waals surface area (Å²) in [5.41, 5.74) is 0. The lowest BCUT2D eigenvalue weighted by atomic mass is 10.3. The monoisotopic (exact) mass is 291 g/mol. The fraction of sp³-hybridized carbons (Fsp3) is 0.333. The van der Waals surface area contributed by atoms with Gasteiger partial charge in [-0.25, -0.2) is 9.37 Å². The predicted molar refractivity (Wildman–Crippen MR) is 76.5 cm³/mol. The second kappa shape index (κ2) is 7.42. The molecule has 1 aromatic carbocycles. The highest BCUT2D eigenvalue weighted by atomic mass is 19.1. The molecule has 0 spiro atoms. The number of hydrogen-bond donors (Lipinski definition) is 1. The van der Waals surface area contributed by atoms with E-state index in [4.69, 9.17) is 4.74 Å². The van der Waals surface area contributed by atoms with Crippen molar-refractivity contribution in [2.24, 2.45) is 0 Å². The van der Waals surface area contributed by atoms with E-state index in [2.05, 4.69) is 10.3 Å². The number of amides is 1. The normalized spacial score (nSPS) is 11.9. The van der Waals surface area contributed by atoms with E-state index >= 15 is 0 Å². The van der Waals surface area contributed by atoms with Gasteiger partial charge in [0.05, 0.1) is 12.9 Å². The van der Waals surface area contributed by atoms with Crippen LogP contribution in [0.1, 0.15) is 19.4 Å². The zero-order valence-electron chi connectivity index (χ0n) is 11.8. The van der Waals surface area contributed by atoms with Crippen molar-refractivity contribution in [3.63, 3.8) is 0 Å². The van der Waals surface area contributed by atoms with Gasteiger partial charge < -0.3 is 14.6 Å². The van der Waals surface area contributed by atoms with Crippen LogP contribution in [0, 0.1) is 5.82 Å². The Labute approximate surface area is 122 Å². The van der Waals surface area contributed by atoms with E-state index in [9.17, 15) is 9.18 Å². The Morgan fingerprint density at radius 2 is 2.19 bits per heavy atom. The maximum atomic E-state index is 12.7. The predicted octanol–water partition coefficient (Wildman–Crippen LogP) is 2.17. The molecule has 0 aliphatic heterocycles. The average molecular weight is 291 g/mol. The molecule has 0 aliphatic rings. The molecule has 112 valence electrons. The van der Waals surface area contributed by atoms with E-state index in [-0.39, 0.29) is 17.8 Å². The Bertz CT molecular complexity index is 555.